The van der Waals surface area contributed by atoms with E-state index in [1.54, 1.807) is 0 Å². The normalized spacial score (nSPS) is 13.6. The highest BCUT2D eigenvalue weighted by atomic mass is 19.1. The standard InChI is InChI=1S/C13H20FNO/c1-9-5-10(14)7-11(6-9)15-12(8-16)13(2,3)4/h5-7,12,15-16H,8H2,1-4H3. The first-order valence-corrected chi connectivity index (χ1v) is 5.47. The fourth-order valence-corrected chi connectivity index (χ4v) is 1.56. The zero-order valence-corrected chi connectivity index (χ0v) is 10.3. The number of halogens is 1. The van der Waals surface area contributed by atoms with Gasteiger partial charge in [-0.1, -0.05) is 20.8 Å². The molecular weight excluding hydrogens is 205 g/mol. The van der Waals surface area contributed by atoms with E-state index < -0.39 is 0 Å². The lowest BCUT2D eigenvalue weighted by molar-refractivity contribution is 0.202. The Labute approximate surface area is 96.5 Å². The quantitative estimate of drug-likeness (QED) is 0.829. The molecule has 0 aromatic heterocycles. The van der Waals surface area contributed by atoms with Gasteiger partial charge in [-0.2, -0.15) is 0 Å². The summed E-state index contributed by atoms with van der Waals surface area (Å²) in [5.74, 6) is -0.256. The number of aliphatic hydroxyl groups is 1. The Kier molecular flexibility index (Phi) is 3.92. The molecule has 16 heavy (non-hydrogen) atoms. The summed E-state index contributed by atoms with van der Waals surface area (Å²) in [5.41, 5.74) is 1.51. The molecule has 3 heteroatoms. The highest BCUT2D eigenvalue weighted by Crippen LogP contribution is 2.23. The van der Waals surface area contributed by atoms with Crippen molar-refractivity contribution in [2.45, 2.75) is 33.7 Å². The third-order valence-corrected chi connectivity index (χ3v) is 2.61. The van der Waals surface area contributed by atoms with Gasteiger partial charge >= 0.3 is 0 Å². The van der Waals surface area contributed by atoms with Crippen molar-refractivity contribution >= 4 is 5.69 Å². The van der Waals surface area contributed by atoms with Gasteiger partial charge in [-0.05, 0) is 36.1 Å². The Morgan fingerprint density at radius 3 is 2.38 bits per heavy atom. The molecule has 1 unspecified atom stereocenters. The van der Waals surface area contributed by atoms with E-state index in [1.807, 2.05) is 33.8 Å². The zero-order chi connectivity index (χ0) is 12.3. The third kappa shape index (κ3) is 3.49. The molecule has 1 atom stereocenters. The van der Waals surface area contributed by atoms with Crippen LogP contribution < -0.4 is 5.32 Å². The molecule has 0 spiro atoms. The summed E-state index contributed by atoms with van der Waals surface area (Å²) in [7, 11) is 0. The van der Waals surface area contributed by atoms with Crippen molar-refractivity contribution < 1.29 is 9.50 Å². The Hall–Kier alpha value is -1.09. The van der Waals surface area contributed by atoms with Crippen LogP contribution in [0.3, 0.4) is 0 Å². The topological polar surface area (TPSA) is 32.3 Å². The molecule has 0 aliphatic carbocycles. The van der Waals surface area contributed by atoms with E-state index >= 15 is 0 Å². The first-order chi connectivity index (χ1) is 7.32. The highest BCUT2D eigenvalue weighted by molar-refractivity contribution is 5.47. The minimum atomic E-state index is -0.256. The number of aliphatic hydroxyl groups excluding tert-OH is 1. The SMILES string of the molecule is Cc1cc(F)cc(NC(CO)C(C)(C)C)c1. The highest BCUT2D eigenvalue weighted by Gasteiger charge is 2.23. The average molecular weight is 225 g/mol. The molecule has 0 radical (unpaired) electrons. The molecule has 0 heterocycles. The van der Waals surface area contributed by atoms with Crippen molar-refractivity contribution in [3.05, 3.63) is 29.6 Å². The Morgan fingerprint density at radius 2 is 1.94 bits per heavy atom. The van der Waals surface area contributed by atoms with Gasteiger partial charge in [-0.15, -0.1) is 0 Å². The maximum absolute atomic E-state index is 13.2. The summed E-state index contributed by atoms with van der Waals surface area (Å²) in [5, 5.41) is 12.5. The van der Waals surface area contributed by atoms with Crippen LogP contribution in [-0.2, 0) is 0 Å². The summed E-state index contributed by atoms with van der Waals surface area (Å²) in [4.78, 5) is 0. The van der Waals surface area contributed by atoms with Crippen molar-refractivity contribution in [1.29, 1.82) is 0 Å². The van der Waals surface area contributed by atoms with E-state index in [0.717, 1.165) is 5.56 Å². The second-order valence-corrected chi connectivity index (χ2v) is 5.26. The van der Waals surface area contributed by atoms with Gasteiger partial charge in [0.25, 0.3) is 0 Å². The summed E-state index contributed by atoms with van der Waals surface area (Å²) in [6.45, 7) is 7.98. The van der Waals surface area contributed by atoms with E-state index in [2.05, 4.69) is 5.32 Å². The molecule has 2 nitrogen and oxygen atoms in total. The average Bonchev–Trinajstić information content (AvgIpc) is 2.10. The maximum Gasteiger partial charge on any atom is 0.125 e. The Morgan fingerprint density at radius 1 is 1.31 bits per heavy atom. The number of aryl methyl sites for hydroxylation is 1. The number of benzene rings is 1. The zero-order valence-electron chi connectivity index (χ0n) is 10.3. The van der Waals surface area contributed by atoms with Gasteiger partial charge in [0.2, 0.25) is 0 Å². The summed E-state index contributed by atoms with van der Waals surface area (Å²) < 4.78 is 13.2. The van der Waals surface area contributed by atoms with E-state index in [1.165, 1.54) is 12.1 Å². The van der Waals surface area contributed by atoms with Crippen molar-refractivity contribution in [2.75, 3.05) is 11.9 Å². The van der Waals surface area contributed by atoms with Crippen LogP contribution in [0.4, 0.5) is 10.1 Å². The van der Waals surface area contributed by atoms with Crippen molar-refractivity contribution in [3.63, 3.8) is 0 Å². The molecule has 0 bridgehead atoms. The summed E-state index contributed by atoms with van der Waals surface area (Å²) in [6.07, 6.45) is 0. The molecule has 0 aliphatic heterocycles. The van der Waals surface area contributed by atoms with Gasteiger partial charge in [0, 0.05) is 5.69 Å². The molecule has 90 valence electrons. The van der Waals surface area contributed by atoms with Crippen LogP contribution in [-0.4, -0.2) is 17.8 Å². The van der Waals surface area contributed by atoms with Crippen LogP contribution in [0.25, 0.3) is 0 Å². The van der Waals surface area contributed by atoms with Gasteiger partial charge in [-0.3, -0.25) is 0 Å². The molecule has 0 fully saturated rings. The monoisotopic (exact) mass is 225 g/mol. The predicted molar refractivity (Wildman–Crippen MR) is 65.1 cm³/mol. The molecular formula is C13H20FNO. The second kappa shape index (κ2) is 4.83. The van der Waals surface area contributed by atoms with E-state index in [4.69, 9.17) is 0 Å². The first-order valence-electron chi connectivity index (χ1n) is 5.47. The number of hydrogen-bond acceptors (Lipinski definition) is 2. The van der Waals surface area contributed by atoms with Crippen LogP contribution in [0.2, 0.25) is 0 Å². The van der Waals surface area contributed by atoms with E-state index in [-0.39, 0.29) is 23.9 Å². The van der Waals surface area contributed by atoms with Crippen LogP contribution in [0.15, 0.2) is 18.2 Å². The van der Waals surface area contributed by atoms with Crippen molar-refractivity contribution in [2.24, 2.45) is 5.41 Å². The smallest absolute Gasteiger partial charge is 0.125 e. The lowest BCUT2D eigenvalue weighted by Crippen LogP contribution is -2.37. The number of hydrogen-bond donors (Lipinski definition) is 2. The van der Waals surface area contributed by atoms with E-state index in [9.17, 15) is 9.50 Å². The molecule has 0 amide bonds. The lowest BCUT2D eigenvalue weighted by atomic mass is 9.87. The minimum Gasteiger partial charge on any atom is -0.394 e. The fraction of sp³-hybridized carbons (Fsp3) is 0.538. The molecule has 0 saturated carbocycles. The van der Waals surface area contributed by atoms with Gasteiger partial charge in [0.15, 0.2) is 0 Å². The second-order valence-electron chi connectivity index (χ2n) is 5.26. The Balaban J connectivity index is 2.86. The number of anilines is 1. The molecule has 0 aliphatic rings. The van der Waals surface area contributed by atoms with Crippen molar-refractivity contribution in [1.82, 2.24) is 0 Å². The molecule has 0 saturated heterocycles. The fourth-order valence-electron chi connectivity index (χ4n) is 1.56. The van der Waals surface area contributed by atoms with Crippen molar-refractivity contribution in [3.8, 4) is 0 Å². The summed E-state index contributed by atoms with van der Waals surface area (Å²) in [6, 6.07) is 4.71. The third-order valence-electron chi connectivity index (χ3n) is 2.61. The maximum atomic E-state index is 13.2. The van der Waals surface area contributed by atoms with Crippen LogP contribution >= 0.6 is 0 Å². The Bertz CT molecular complexity index is 337. The van der Waals surface area contributed by atoms with Gasteiger partial charge in [0.05, 0.1) is 12.6 Å². The number of nitrogens with one attached hydrogen (secondary N) is 1. The first kappa shape index (κ1) is 13.0. The minimum absolute atomic E-state index is 0.0268. The van der Waals surface area contributed by atoms with E-state index in [0.29, 0.717) is 5.69 Å². The number of rotatable bonds is 3. The predicted octanol–water partition coefficient (Wildman–Crippen LogP) is 2.95. The summed E-state index contributed by atoms with van der Waals surface area (Å²) >= 11 is 0. The van der Waals surface area contributed by atoms with Crippen LogP contribution in [0, 0.1) is 18.2 Å². The largest absolute Gasteiger partial charge is 0.394 e. The molecule has 1 aromatic rings. The van der Waals surface area contributed by atoms with Crippen LogP contribution in [0.1, 0.15) is 26.3 Å². The van der Waals surface area contributed by atoms with Gasteiger partial charge in [0.1, 0.15) is 5.82 Å². The molecule has 1 aromatic carbocycles. The lowest BCUT2D eigenvalue weighted by Gasteiger charge is -2.30. The molecule has 1 rings (SSSR count). The van der Waals surface area contributed by atoms with Crippen LogP contribution in [0.5, 0.6) is 0 Å². The van der Waals surface area contributed by atoms with Gasteiger partial charge < -0.3 is 10.4 Å². The molecule has 2 N–H and O–H groups in total. The van der Waals surface area contributed by atoms with Gasteiger partial charge in [-0.25, -0.2) is 4.39 Å².